The third-order valence-corrected chi connectivity index (χ3v) is 6.79. The summed E-state index contributed by atoms with van der Waals surface area (Å²) in [4.78, 5) is 2.35. The zero-order valence-corrected chi connectivity index (χ0v) is 18.6. The molecule has 0 bridgehead atoms. The summed E-state index contributed by atoms with van der Waals surface area (Å²) in [6.45, 7) is 1.96. The quantitative estimate of drug-likeness (QED) is 0.534. The van der Waals surface area contributed by atoms with E-state index in [0.717, 1.165) is 36.3 Å². The van der Waals surface area contributed by atoms with Crippen LogP contribution < -0.4 is 9.47 Å². The molecular formula is C24H28BrNO3. The van der Waals surface area contributed by atoms with Gasteiger partial charge in [-0.3, -0.25) is 0 Å². The molecule has 2 aliphatic heterocycles. The molecule has 5 heteroatoms. The number of aliphatic hydroxyl groups is 1. The predicted octanol–water partition coefficient (Wildman–Crippen LogP) is 4.43. The summed E-state index contributed by atoms with van der Waals surface area (Å²) in [5.74, 6) is 1.68. The van der Waals surface area contributed by atoms with Gasteiger partial charge in [0, 0.05) is 23.9 Å². The summed E-state index contributed by atoms with van der Waals surface area (Å²) in [6, 6.07) is 14.4. The molecule has 154 valence electrons. The summed E-state index contributed by atoms with van der Waals surface area (Å²) in [5, 5.41) is 10.9. The molecule has 5 rings (SSSR count). The van der Waals surface area contributed by atoms with Crippen LogP contribution in [0.3, 0.4) is 0 Å². The first-order chi connectivity index (χ1) is 14.1. The van der Waals surface area contributed by atoms with Gasteiger partial charge in [-0.15, -0.1) is 0 Å². The molecule has 0 amide bonds. The number of hydrogen-bond donors (Lipinski definition) is 1. The molecule has 0 fully saturated rings. The summed E-state index contributed by atoms with van der Waals surface area (Å²) in [5.41, 5.74) is 3.81. The second kappa shape index (κ2) is 8.50. The van der Waals surface area contributed by atoms with Gasteiger partial charge in [-0.1, -0.05) is 64.5 Å². The average molecular weight is 458 g/mol. The molecule has 0 radical (unpaired) electrons. The zero-order chi connectivity index (χ0) is 20.4. The number of aliphatic hydroxyl groups excluding tert-OH is 1. The molecule has 4 nitrogen and oxygen atoms in total. The minimum Gasteiger partial charge on any atom is -0.493 e. The highest BCUT2D eigenvalue weighted by molar-refractivity contribution is 9.08. The van der Waals surface area contributed by atoms with Crippen molar-refractivity contribution in [2.24, 2.45) is 0 Å². The Hall–Kier alpha value is -1.82. The van der Waals surface area contributed by atoms with E-state index in [1.165, 1.54) is 16.7 Å². The third kappa shape index (κ3) is 3.83. The van der Waals surface area contributed by atoms with Crippen LogP contribution >= 0.6 is 15.9 Å². The van der Waals surface area contributed by atoms with Gasteiger partial charge >= 0.3 is 0 Å². The Balaban J connectivity index is 0.000000216. The molecule has 1 N–H and O–H groups in total. The molecule has 2 aromatic carbocycles. The second-order valence-electron chi connectivity index (χ2n) is 8.05. The van der Waals surface area contributed by atoms with Crippen molar-refractivity contribution in [1.82, 2.24) is 4.90 Å². The SMILES string of the molecule is BrCc1ccccc1.COc1ccc2c3c1O[C@H]1C[C@@H](O)C=C[C@@]31CCN(C)C2. The summed E-state index contributed by atoms with van der Waals surface area (Å²) in [7, 11) is 3.84. The van der Waals surface area contributed by atoms with E-state index < -0.39 is 6.10 Å². The van der Waals surface area contributed by atoms with Gasteiger partial charge in [0.15, 0.2) is 11.5 Å². The lowest BCUT2D eigenvalue weighted by Crippen LogP contribution is -2.42. The summed E-state index contributed by atoms with van der Waals surface area (Å²) in [6.07, 6.45) is 5.38. The van der Waals surface area contributed by atoms with Gasteiger partial charge < -0.3 is 19.5 Å². The van der Waals surface area contributed by atoms with E-state index >= 15 is 0 Å². The van der Waals surface area contributed by atoms with Crippen molar-refractivity contribution >= 4 is 15.9 Å². The smallest absolute Gasteiger partial charge is 0.166 e. The van der Waals surface area contributed by atoms with Crippen molar-refractivity contribution in [1.29, 1.82) is 0 Å². The van der Waals surface area contributed by atoms with E-state index in [4.69, 9.17) is 9.47 Å². The fourth-order valence-electron chi connectivity index (χ4n) is 4.64. The van der Waals surface area contributed by atoms with Gasteiger partial charge in [-0.05, 0) is 37.2 Å². The van der Waals surface area contributed by atoms with Gasteiger partial charge in [-0.2, -0.15) is 0 Å². The molecule has 0 saturated carbocycles. The average Bonchev–Trinajstić information content (AvgIpc) is 3.00. The number of ether oxygens (including phenoxy) is 2. The summed E-state index contributed by atoms with van der Waals surface area (Å²) < 4.78 is 11.8. The molecule has 2 heterocycles. The monoisotopic (exact) mass is 457 g/mol. The van der Waals surface area contributed by atoms with E-state index in [0.29, 0.717) is 6.42 Å². The molecule has 1 spiro atoms. The van der Waals surface area contributed by atoms with Crippen LogP contribution in [-0.2, 0) is 17.3 Å². The standard InChI is InChI=1S/C17H21NO3.C7H7Br/c1-18-8-7-17-6-5-12(19)9-14(17)21-16-13(20-2)4-3-11(10-18)15(16)17;8-6-7-4-2-1-3-5-7/h3-6,12,14,19H,7-10H2,1-2H3;1-5H,6H2/t12-,14-,17-;/m0./s1. The van der Waals surface area contributed by atoms with Crippen LogP contribution in [-0.4, -0.2) is 42.9 Å². The first-order valence-electron chi connectivity index (χ1n) is 10.1. The van der Waals surface area contributed by atoms with E-state index in [-0.39, 0.29) is 11.5 Å². The lowest BCUT2D eigenvalue weighted by molar-refractivity contribution is 0.0821. The van der Waals surface area contributed by atoms with E-state index in [1.807, 2.05) is 30.3 Å². The van der Waals surface area contributed by atoms with Crippen molar-refractivity contribution in [3.63, 3.8) is 0 Å². The largest absolute Gasteiger partial charge is 0.493 e. The Labute approximate surface area is 181 Å². The van der Waals surface area contributed by atoms with Crippen LogP contribution in [0.1, 0.15) is 29.5 Å². The number of alkyl halides is 1. The van der Waals surface area contributed by atoms with E-state index in [2.05, 4.69) is 52.2 Å². The van der Waals surface area contributed by atoms with Crippen molar-refractivity contribution in [3.8, 4) is 11.5 Å². The molecular weight excluding hydrogens is 430 g/mol. The van der Waals surface area contributed by atoms with Gasteiger partial charge in [0.2, 0.25) is 0 Å². The van der Waals surface area contributed by atoms with Crippen LogP contribution in [0, 0.1) is 0 Å². The van der Waals surface area contributed by atoms with Gasteiger partial charge in [-0.25, -0.2) is 0 Å². The number of halogens is 1. The number of nitrogens with zero attached hydrogens (tertiary/aromatic N) is 1. The van der Waals surface area contributed by atoms with Crippen molar-refractivity contribution in [3.05, 3.63) is 71.3 Å². The lowest BCUT2D eigenvalue weighted by Gasteiger charge is -2.35. The fraction of sp³-hybridized carbons (Fsp3) is 0.417. The minimum absolute atomic E-state index is 0.00838. The maximum absolute atomic E-state index is 9.97. The molecule has 29 heavy (non-hydrogen) atoms. The van der Waals surface area contributed by atoms with Gasteiger partial charge in [0.25, 0.3) is 0 Å². The number of rotatable bonds is 2. The van der Waals surface area contributed by atoms with Crippen LogP contribution in [0.15, 0.2) is 54.6 Å². The maximum Gasteiger partial charge on any atom is 0.166 e. The molecule has 2 aromatic rings. The Morgan fingerprint density at radius 1 is 1.24 bits per heavy atom. The lowest BCUT2D eigenvalue weighted by atomic mass is 9.69. The Bertz CT molecular complexity index is 885. The normalized spacial score (nSPS) is 27.0. The number of benzene rings is 2. The molecule has 0 saturated heterocycles. The first-order valence-corrected chi connectivity index (χ1v) is 11.2. The highest BCUT2D eigenvalue weighted by Crippen LogP contribution is 2.55. The first kappa shape index (κ1) is 20.5. The maximum atomic E-state index is 9.97. The van der Waals surface area contributed by atoms with Crippen LogP contribution in [0.4, 0.5) is 0 Å². The van der Waals surface area contributed by atoms with Gasteiger partial charge in [0.05, 0.1) is 18.6 Å². The predicted molar refractivity (Wildman–Crippen MR) is 119 cm³/mol. The van der Waals surface area contributed by atoms with E-state index in [9.17, 15) is 5.11 Å². The Morgan fingerprint density at radius 2 is 2.03 bits per heavy atom. The highest BCUT2D eigenvalue weighted by atomic mass is 79.9. The second-order valence-corrected chi connectivity index (χ2v) is 8.61. The topological polar surface area (TPSA) is 41.9 Å². The third-order valence-electron chi connectivity index (χ3n) is 6.14. The van der Waals surface area contributed by atoms with Crippen molar-refractivity contribution in [2.75, 3.05) is 20.7 Å². The molecule has 0 unspecified atom stereocenters. The van der Waals surface area contributed by atoms with Crippen molar-refractivity contribution < 1.29 is 14.6 Å². The zero-order valence-electron chi connectivity index (χ0n) is 17.0. The Morgan fingerprint density at radius 3 is 2.72 bits per heavy atom. The molecule has 1 aliphatic carbocycles. The summed E-state index contributed by atoms with van der Waals surface area (Å²) >= 11 is 3.36. The molecule has 3 aliphatic rings. The minimum atomic E-state index is -0.412. The number of hydrogen-bond acceptors (Lipinski definition) is 4. The van der Waals surface area contributed by atoms with Crippen LogP contribution in [0.2, 0.25) is 0 Å². The van der Waals surface area contributed by atoms with Crippen molar-refractivity contribution in [2.45, 2.75) is 42.3 Å². The molecule has 0 aromatic heterocycles. The Kier molecular flexibility index (Phi) is 6.00. The van der Waals surface area contributed by atoms with E-state index in [1.54, 1.807) is 7.11 Å². The fourth-order valence-corrected chi connectivity index (χ4v) is 5.02. The van der Waals surface area contributed by atoms with Gasteiger partial charge in [0.1, 0.15) is 6.10 Å². The van der Waals surface area contributed by atoms with Crippen LogP contribution in [0.25, 0.3) is 0 Å². The molecule has 3 atom stereocenters. The van der Waals surface area contributed by atoms with Crippen LogP contribution in [0.5, 0.6) is 11.5 Å². The highest BCUT2D eigenvalue weighted by Gasteiger charge is 2.52. The number of methoxy groups -OCH3 is 1.